The molecule has 0 radical (unpaired) electrons. The first-order chi connectivity index (χ1) is 12.7. The zero-order valence-corrected chi connectivity index (χ0v) is 16.4. The molecular weight excluding hydrogens is 364 g/mol. The number of hydrogen-bond acceptors (Lipinski definition) is 6. The summed E-state index contributed by atoms with van der Waals surface area (Å²) >= 11 is 3.40. The molecule has 0 N–H and O–H groups in total. The smallest absolute Gasteiger partial charge is 0.161 e. The van der Waals surface area contributed by atoms with Gasteiger partial charge >= 0.3 is 0 Å². The van der Waals surface area contributed by atoms with Crippen LogP contribution < -0.4 is 9.47 Å². The predicted molar refractivity (Wildman–Crippen MR) is 108 cm³/mol. The third-order valence-electron chi connectivity index (χ3n) is 4.12. The van der Waals surface area contributed by atoms with Gasteiger partial charge in [-0.15, -0.1) is 22.7 Å². The highest BCUT2D eigenvalue weighted by Gasteiger charge is 2.11. The number of methoxy groups -OCH3 is 2. The lowest BCUT2D eigenvalue weighted by molar-refractivity contribution is 0.355. The minimum Gasteiger partial charge on any atom is -0.493 e. The zero-order chi connectivity index (χ0) is 18.1. The Bertz CT molecular complexity index is 1070. The molecule has 6 heteroatoms. The number of benzene rings is 2. The molecule has 26 heavy (non-hydrogen) atoms. The molecule has 0 saturated carbocycles. The molecule has 4 nitrogen and oxygen atoms in total. The zero-order valence-electron chi connectivity index (χ0n) is 14.8. The Labute approximate surface area is 160 Å². The Morgan fingerprint density at radius 1 is 0.923 bits per heavy atom. The van der Waals surface area contributed by atoms with E-state index in [1.54, 1.807) is 36.9 Å². The Balaban J connectivity index is 1.59. The first-order valence-corrected chi connectivity index (χ1v) is 9.89. The SMILES string of the molecule is COc1ccc(-c2csc(Cc3nc4ccc(C)cc4s3)n2)cc1OC. The second kappa shape index (κ2) is 7.05. The number of rotatable bonds is 5. The van der Waals surface area contributed by atoms with E-state index in [1.165, 1.54) is 10.3 Å². The van der Waals surface area contributed by atoms with E-state index in [4.69, 9.17) is 19.4 Å². The highest BCUT2D eigenvalue weighted by atomic mass is 32.1. The molecule has 2 heterocycles. The van der Waals surface area contributed by atoms with Crippen molar-refractivity contribution in [2.24, 2.45) is 0 Å². The fourth-order valence-corrected chi connectivity index (χ4v) is 4.77. The van der Waals surface area contributed by atoms with Gasteiger partial charge in [-0.1, -0.05) is 6.07 Å². The molecular formula is C20H18N2O2S2. The monoisotopic (exact) mass is 382 g/mol. The van der Waals surface area contributed by atoms with Gasteiger partial charge in [0, 0.05) is 10.9 Å². The van der Waals surface area contributed by atoms with Gasteiger partial charge in [-0.3, -0.25) is 0 Å². The van der Waals surface area contributed by atoms with Crippen molar-refractivity contribution in [3.05, 3.63) is 57.4 Å². The van der Waals surface area contributed by atoms with Crippen molar-refractivity contribution in [3.63, 3.8) is 0 Å². The highest BCUT2D eigenvalue weighted by molar-refractivity contribution is 7.18. The van der Waals surface area contributed by atoms with Crippen LogP contribution in [0.4, 0.5) is 0 Å². The average Bonchev–Trinajstić information content (AvgIpc) is 3.27. The van der Waals surface area contributed by atoms with E-state index in [0.717, 1.165) is 39.0 Å². The second-order valence-electron chi connectivity index (χ2n) is 5.95. The van der Waals surface area contributed by atoms with Gasteiger partial charge in [-0.25, -0.2) is 9.97 Å². The quantitative estimate of drug-likeness (QED) is 0.467. The number of nitrogens with zero attached hydrogens (tertiary/aromatic N) is 2. The van der Waals surface area contributed by atoms with E-state index in [0.29, 0.717) is 5.75 Å². The largest absolute Gasteiger partial charge is 0.493 e. The van der Waals surface area contributed by atoms with Gasteiger partial charge in [0.05, 0.1) is 36.6 Å². The summed E-state index contributed by atoms with van der Waals surface area (Å²) in [7, 11) is 3.28. The standard InChI is InChI=1S/C20H18N2O2S2/c1-12-4-6-14-18(8-12)26-20(21-14)10-19-22-15(11-25-19)13-5-7-16(23-2)17(9-13)24-3/h4-9,11H,10H2,1-3H3. The lowest BCUT2D eigenvalue weighted by Gasteiger charge is -2.08. The Kier molecular flexibility index (Phi) is 4.61. The first-order valence-electron chi connectivity index (χ1n) is 8.19. The van der Waals surface area contributed by atoms with Crippen LogP contribution in [-0.4, -0.2) is 24.2 Å². The van der Waals surface area contributed by atoms with Crippen LogP contribution in [0.2, 0.25) is 0 Å². The van der Waals surface area contributed by atoms with Crippen molar-refractivity contribution < 1.29 is 9.47 Å². The molecule has 0 aliphatic carbocycles. The number of aromatic nitrogens is 2. The maximum atomic E-state index is 5.39. The van der Waals surface area contributed by atoms with Crippen molar-refractivity contribution in [2.75, 3.05) is 14.2 Å². The van der Waals surface area contributed by atoms with E-state index < -0.39 is 0 Å². The number of aryl methyl sites for hydroxylation is 1. The minimum atomic E-state index is 0.709. The Morgan fingerprint density at radius 3 is 2.58 bits per heavy atom. The molecule has 0 atom stereocenters. The second-order valence-corrected chi connectivity index (χ2v) is 8.01. The summed E-state index contributed by atoms with van der Waals surface area (Å²) in [6.45, 7) is 2.11. The van der Waals surface area contributed by atoms with Crippen LogP contribution in [0.3, 0.4) is 0 Å². The van der Waals surface area contributed by atoms with E-state index >= 15 is 0 Å². The number of thiazole rings is 2. The van der Waals surface area contributed by atoms with Crippen LogP contribution >= 0.6 is 22.7 Å². The van der Waals surface area contributed by atoms with Crippen molar-refractivity contribution in [1.29, 1.82) is 0 Å². The predicted octanol–water partition coefficient (Wildman–Crippen LogP) is 5.34. The fourth-order valence-electron chi connectivity index (χ4n) is 2.80. The summed E-state index contributed by atoms with van der Waals surface area (Å²) in [6, 6.07) is 12.2. The molecule has 4 aromatic rings. The van der Waals surface area contributed by atoms with Crippen molar-refractivity contribution in [3.8, 4) is 22.8 Å². The van der Waals surface area contributed by atoms with E-state index in [-0.39, 0.29) is 0 Å². The molecule has 0 spiro atoms. The van der Waals surface area contributed by atoms with Crippen LogP contribution in [-0.2, 0) is 6.42 Å². The van der Waals surface area contributed by atoms with Gasteiger partial charge < -0.3 is 9.47 Å². The van der Waals surface area contributed by atoms with Gasteiger partial charge in [0.25, 0.3) is 0 Å². The lowest BCUT2D eigenvalue weighted by atomic mass is 10.1. The molecule has 132 valence electrons. The molecule has 0 aliphatic heterocycles. The first kappa shape index (κ1) is 17.0. The third-order valence-corrected chi connectivity index (χ3v) is 5.99. The number of hydrogen-bond donors (Lipinski definition) is 0. The summed E-state index contributed by atoms with van der Waals surface area (Å²) in [5, 5.41) is 4.23. The van der Waals surface area contributed by atoms with Gasteiger partial charge in [0.2, 0.25) is 0 Å². The van der Waals surface area contributed by atoms with Gasteiger partial charge in [0.15, 0.2) is 11.5 Å². The van der Waals surface area contributed by atoms with Gasteiger partial charge in [0.1, 0.15) is 10.0 Å². The molecule has 0 unspecified atom stereocenters. The maximum Gasteiger partial charge on any atom is 0.161 e. The van der Waals surface area contributed by atoms with Crippen LogP contribution in [0.25, 0.3) is 21.5 Å². The Hall–Kier alpha value is -2.44. The normalized spacial score (nSPS) is 11.0. The third kappa shape index (κ3) is 3.30. The summed E-state index contributed by atoms with van der Waals surface area (Å²) in [4.78, 5) is 9.51. The summed E-state index contributed by atoms with van der Waals surface area (Å²) in [5.41, 5.74) is 4.29. The van der Waals surface area contributed by atoms with Gasteiger partial charge in [-0.2, -0.15) is 0 Å². The maximum absolute atomic E-state index is 5.39. The molecule has 0 amide bonds. The van der Waals surface area contributed by atoms with Crippen molar-refractivity contribution >= 4 is 32.9 Å². The van der Waals surface area contributed by atoms with Crippen LogP contribution in [0, 0.1) is 6.92 Å². The summed E-state index contributed by atoms with van der Waals surface area (Å²) in [5.74, 6) is 1.43. The van der Waals surface area contributed by atoms with E-state index in [9.17, 15) is 0 Å². The highest BCUT2D eigenvalue weighted by Crippen LogP contribution is 2.33. The molecule has 4 rings (SSSR count). The molecule has 2 aromatic carbocycles. The topological polar surface area (TPSA) is 44.2 Å². The van der Waals surface area contributed by atoms with Gasteiger partial charge in [-0.05, 0) is 42.8 Å². The average molecular weight is 383 g/mol. The molecule has 2 aromatic heterocycles. The minimum absolute atomic E-state index is 0.709. The molecule has 0 fully saturated rings. The lowest BCUT2D eigenvalue weighted by Crippen LogP contribution is -1.91. The Morgan fingerprint density at radius 2 is 1.77 bits per heavy atom. The van der Waals surface area contributed by atoms with Crippen molar-refractivity contribution in [1.82, 2.24) is 9.97 Å². The van der Waals surface area contributed by atoms with Crippen LogP contribution in [0.5, 0.6) is 11.5 Å². The molecule has 0 saturated heterocycles. The summed E-state index contributed by atoms with van der Waals surface area (Å²) < 4.78 is 11.9. The molecule has 0 bridgehead atoms. The van der Waals surface area contributed by atoms with E-state index in [2.05, 4.69) is 30.5 Å². The van der Waals surface area contributed by atoms with E-state index in [1.807, 2.05) is 18.2 Å². The van der Waals surface area contributed by atoms with Crippen LogP contribution in [0.15, 0.2) is 41.8 Å². The number of ether oxygens (including phenoxy) is 2. The fraction of sp³-hybridized carbons (Fsp3) is 0.200. The number of fused-ring (bicyclic) bond motifs is 1. The molecule has 0 aliphatic rings. The summed E-state index contributed by atoms with van der Waals surface area (Å²) in [6.07, 6.45) is 0.760. The van der Waals surface area contributed by atoms with Crippen molar-refractivity contribution in [2.45, 2.75) is 13.3 Å². The van der Waals surface area contributed by atoms with Crippen LogP contribution in [0.1, 0.15) is 15.6 Å².